The Kier molecular flexibility index (Phi) is 3.80. The van der Waals surface area contributed by atoms with Crippen molar-refractivity contribution in [2.24, 2.45) is 0 Å². The Morgan fingerprint density at radius 1 is 1.50 bits per heavy atom. The average molecular weight is 221 g/mol. The predicted octanol–water partition coefficient (Wildman–Crippen LogP) is 2.13. The molecule has 1 aromatic carbocycles. The molecular weight excluding hydrogens is 202 g/mol. The first-order valence-corrected chi connectivity index (χ1v) is 5.87. The fraction of sp³-hybridized carbons (Fsp3) is 0.538. The Labute approximate surface area is 96.8 Å². The van der Waals surface area contributed by atoms with Gasteiger partial charge in [0.2, 0.25) is 0 Å². The van der Waals surface area contributed by atoms with Crippen LogP contribution in [0.15, 0.2) is 24.3 Å². The molecule has 1 aromatic rings. The Morgan fingerprint density at radius 3 is 2.94 bits per heavy atom. The van der Waals surface area contributed by atoms with E-state index >= 15 is 0 Å². The maximum absolute atomic E-state index is 5.77. The van der Waals surface area contributed by atoms with Crippen LogP contribution in [0, 0.1) is 0 Å². The zero-order chi connectivity index (χ0) is 11.4. The average Bonchev–Trinajstić information content (AvgIpc) is 2.24. The maximum atomic E-state index is 5.77. The zero-order valence-electron chi connectivity index (χ0n) is 9.90. The molecule has 1 heterocycles. The number of hydrogen-bond donors (Lipinski definition) is 1. The Bertz CT molecular complexity index is 336. The lowest BCUT2D eigenvalue weighted by molar-refractivity contribution is -0.0797. The molecule has 1 fully saturated rings. The topological polar surface area (TPSA) is 30.5 Å². The van der Waals surface area contributed by atoms with E-state index in [2.05, 4.69) is 31.3 Å². The minimum Gasteiger partial charge on any atom is -0.486 e. The Balaban J connectivity index is 2.00. The number of ether oxygens (including phenoxy) is 2. The summed E-state index contributed by atoms with van der Waals surface area (Å²) in [7, 11) is 0. The van der Waals surface area contributed by atoms with E-state index in [0.29, 0.717) is 19.3 Å². The molecule has 0 saturated carbocycles. The maximum Gasteiger partial charge on any atom is 0.145 e. The molecule has 2 rings (SSSR count). The second-order valence-electron chi connectivity index (χ2n) is 4.13. The predicted molar refractivity (Wildman–Crippen MR) is 63.8 cm³/mol. The first kappa shape index (κ1) is 11.4. The Hall–Kier alpha value is -1.06. The second kappa shape index (κ2) is 5.32. The van der Waals surface area contributed by atoms with Crippen LogP contribution in [0.1, 0.15) is 25.5 Å². The summed E-state index contributed by atoms with van der Waals surface area (Å²) in [5.41, 5.74) is 1.26. The monoisotopic (exact) mass is 221 g/mol. The van der Waals surface area contributed by atoms with Gasteiger partial charge in [0.05, 0.1) is 13.2 Å². The largest absolute Gasteiger partial charge is 0.486 e. The van der Waals surface area contributed by atoms with Gasteiger partial charge in [-0.15, -0.1) is 0 Å². The molecule has 1 unspecified atom stereocenters. The first-order valence-electron chi connectivity index (χ1n) is 5.87. The van der Waals surface area contributed by atoms with E-state index in [4.69, 9.17) is 9.47 Å². The van der Waals surface area contributed by atoms with Gasteiger partial charge in [-0.2, -0.15) is 0 Å². The molecule has 3 nitrogen and oxygen atoms in total. The molecule has 0 radical (unpaired) electrons. The van der Waals surface area contributed by atoms with E-state index in [9.17, 15) is 0 Å². The number of hydrogen-bond acceptors (Lipinski definition) is 3. The normalized spacial score (nSPS) is 17.9. The van der Waals surface area contributed by atoms with Crippen molar-refractivity contribution in [2.75, 3.05) is 19.8 Å². The van der Waals surface area contributed by atoms with Gasteiger partial charge in [0, 0.05) is 6.04 Å². The highest BCUT2D eigenvalue weighted by atomic mass is 16.6. The van der Waals surface area contributed by atoms with Crippen molar-refractivity contribution in [3.63, 3.8) is 0 Å². The van der Waals surface area contributed by atoms with Crippen molar-refractivity contribution in [3.8, 4) is 5.75 Å². The summed E-state index contributed by atoms with van der Waals surface area (Å²) in [6, 6.07) is 8.63. The third-order valence-corrected chi connectivity index (χ3v) is 2.78. The SMILES string of the molecule is CCNC(C)c1cccc(OC2COC2)c1. The van der Waals surface area contributed by atoms with Crippen molar-refractivity contribution < 1.29 is 9.47 Å². The molecule has 1 aliphatic rings. The van der Waals surface area contributed by atoms with Gasteiger partial charge < -0.3 is 14.8 Å². The molecule has 0 spiro atoms. The molecule has 1 atom stereocenters. The lowest BCUT2D eigenvalue weighted by atomic mass is 10.1. The van der Waals surface area contributed by atoms with Crippen LogP contribution in [-0.4, -0.2) is 25.9 Å². The fourth-order valence-electron chi connectivity index (χ4n) is 1.76. The van der Waals surface area contributed by atoms with Crippen LogP contribution in [-0.2, 0) is 4.74 Å². The zero-order valence-corrected chi connectivity index (χ0v) is 9.90. The molecular formula is C13H19NO2. The van der Waals surface area contributed by atoms with Gasteiger partial charge in [0.1, 0.15) is 11.9 Å². The molecule has 1 N–H and O–H groups in total. The summed E-state index contributed by atoms with van der Waals surface area (Å²) in [5.74, 6) is 0.940. The first-order chi connectivity index (χ1) is 7.79. The van der Waals surface area contributed by atoms with Gasteiger partial charge in [-0.3, -0.25) is 0 Å². The molecule has 0 aliphatic carbocycles. The van der Waals surface area contributed by atoms with Gasteiger partial charge in [0.25, 0.3) is 0 Å². The van der Waals surface area contributed by atoms with Gasteiger partial charge in [-0.1, -0.05) is 19.1 Å². The van der Waals surface area contributed by atoms with Crippen molar-refractivity contribution in [1.82, 2.24) is 5.32 Å². The Morgan fingerprint density at radius 2 is 2.31 bits per heavy atom. The van der Waals surface area contributed by atoms with Crippen LogP contribution in [0.2, 0.25) is 0 Å². The van der Waals surface area contributed by atoms with Crippen molar-refractivity contribution in [1.29, 1.82) is 0 Å². The molecule has 0 bridgehead atoms. The van der Waals surface area contributed by atoms with Gasteiger partial charge in [-0.05, 0) is 31.2 Å². The standard InChI is InChI=1S/C13H19NO2/c1-3-14-10(2)11-5-4-6-12(7-11)16-13-8-15-9-13/h4-7,10,13-14H,3,8-9H2,1-2H3. The van der Waals surface area contributed by atoms with E-state index in [1.54, 1.807) is 0 Å². The smallest absolute Gasteiger partial charge is 0.145 e. The summed E-state index contributed by atoms with van der Waals surface area (Å²) in [6.07, 6.45) is 0.240. The molecule has 0 aromatic heterocycles. The molecule has 1 aliphatic heterocycles. The third-order valence-electron chi connectivity index (χ3n) is 2.78. The van der Waals surface area contributed by atoms with Gasteiger partial charge in [0.15, 0.2) is 0 Å². The van der Waals surface area contributed by atoms with Crippen molar-refractivity contribution in [2.45, 2.75) is 26.0 Å². The summed E-state index contributed by atoms with van der Waals surface area (Å²) in [5, 5.41) is 3.39. The number of rotatable bonds is 5. The van der Waals surface area contributed by atoms with Crippen LogP contribution in [0.5, 0.6) is 5.75 Å². The van der Waals surface area contributed by atoms with Gasteiger partial charge in [-0.25, -0.2) is 0 Å². The molecule has 0 amide bonds. The lowest BCUT2D eigenvalue weighted by Crippen LogP contribution is -2.38. The summed E-state index contributed by atoms with van der Waals surface area (Å²) < 4.78 is 10.9. The highest BCUT2D eigenvalue weighted by Crippen LogP contribution is 2.21. The van der Waals surface area contributed by atoms with E-state index in [-0.39, 0.29) is 6.10 Å². The van der Waals surface area contributed by atoms with Crippen molar-refractivity contribution >= 4 is 0 Å². The highest BCUT2D eigenvalue weighted by Gasteiger charge is 2.20. The summed E-state index contributed by atoms with van der Waals surface area (Å²) in [4.78, 5) is 0. The molecule has 88 valence electrons. The van der Waals surface area contributed by atoms with E-state index in [0.717, 1.165) is 12.3 Å². The minimum absolute atomic E-state index is 0.240. The van der Waals surface area contributed by atoms with Gasteiger partial charge >= 0.3 is 0 Å². The van der Waals surface area contributed by atoms with Crippen LogP contribution in [0.3, 0.4) is 0 Å². The minimum atomic E-state index is 0.240. The molecule has 16 heavy (non-hydrogen) atoms. The number of nitrogens with one attached hydrogen (secondary N) is 1. The molecule has 3 heteroatoms. The highest BCUT2D eigenvalue weighted by molar-refractivity contribution is 5.30. The van der Waals surface area contributed by atoms with E-state index in [1.165, 1.54) is 5.56 Å². The van der Waals surface area contributed by atoms with Crippen molar-refractivity contribution in [3.05, 3.63) is 29.8 Å². The summed E-state index contributed by atoms with van der Waals surface area (Å²) >= 11 is 0. The third kappa shape index (κ3) is 2.74. The van der Waals surface area contributed by atoms with Crippen LogP contribution in [0.25, 0.3) is 0 Å². The quantitative estimate of drug-likeness (QED) is 0.826. The summed E-state index contributed by atoms with van der Waals surface area (Å²) in [6.45, 7) is 6.68. The van der Waals surface area contributed by atoms with Crippen LogP contribution < -0.4 is 10.1 Å². The second-order valence-corrected chi connectivity index (χ2v) is 4.13. The molecule has 1 saturated heterocycles. The van der Waals surface area contributed by atoms with Crippen LogP contribution >= 0.6 is 0 Å². The number of benzene rings is 1. The van der Waals surface area contributed by atoms with E-state index < -0.39 is 0 Å². The lowest BCUT2D eigenvalue weighted by Gasteiger charge is -2.27. The van der Waals surface area contributed by atoms with E-state index in [1.807, 2.05) is 12.1 Å². The van der Waals surface area contributed by atoms with Crippen LogP contribution in [0.4, 0.5) is 0 Å². The fourth-order valence-corrected chi connectivity index (χ4v) is 1.76.